The van der Waals surface area contributed by atoms with Gasteiger partial charge in [-0.05, 0) is 18.9 Å². The molecule has 1 aliphatic rings. The molecule has 0 aromatic heterocycles. The average molecular weight is 285 g/mol. The zero-order valence-electron chi connectivity index (χ0n) is 12.9. The summed E-state index contributed by atoms with van der Waals surface area (Å²) in [5, 5.41) is 9.49. The van der Waals surface area contributed by atoms with Crippen LogP contribution in [0.25, 0.3) is 0 Å². The van der Waals surface area contributed by atoms with Gasteiger partial charge in [-0.25, -0.2) is 0 Å². The van der Waals surface area contributed by atoms with Crippen molar-refractivity contribution in [2.24, 2.45) is 0 Å². The van der Waals surface area contributed by atoms with Crippen molar-refractivity contribution in [2.75, 3.05) is 26.2 Å². The van der Waals surface area contributed by atoms with Crippen LogP contribution in [0.4, 0.5) is 0 Å². The third-order valence-corrected chi connectivity index (χ3v) is 4.01. The van der Waals surface area contributed by atoms with Crippen molar-refractivity contribution in [3.8, 4) is 6.07 Å². The maximum Gasteiger partial charge on any atom is 0.222 e. The summed E-state index contributed by atoms with van der Waals surface area (Å²) in [4.78, 5) is 16.0. The predicted octanol–water partition coefficient (Wildman–Crippen LogP) is 2.50. The van der Waals surface area contributed by atoms with Gasteiger partial charge in [-0.1, -0.05) is 36.8 Å². The summed E-state index contributed by atoms with van der Waals surface area (Å²) in [5.41, 5.74) is 2.24. The molecule has 2 rings (SSSR count). The Kier molecular flexibility index (Phi) is 5.35. The molecule has 1 amide bonds. The molecule has 112 valence electrons. The van der Waals surface area contributed by atoms with Crippen LogP contribution in [0.5, 0.6) is 0 Å². The van der Waals surface area contributed by atoms with Crippen LogP contribution in [-0.4, -0.2) is 41.9 Å². The summed E-state index contributed by atoms with van der Waals surface area (Å²) >= 11 is 0. The van der Waals surface area contributed by atoms with Crippen molar-refractivity contribution < 1.29 is 4.79 Å². The third kappa shape index (κ3) is 3.83. The molecule has 1 heterocycles. The fourth-order valence-corrected chi connectivity index (χ4v) is 2.72. The van der Waals surface area contributed by atoms with Gasteiger partial charge in [0.2, 0.25) is 5.91 Å². The maximum absolute atomic E-state index is 11.9. The van der Waals surface area contributed by atoms with Gasteiger partial charge in [-0.15, -0.1) is 0 Å². The molecule has 1 saturated heterocycles. The lowest BCUT2D eigenvalue weighted by molar-refractivity contribution is -0.133. The largest absolute Gasteiger partial charge is 0.340 e. The number of rotatable bonds is 4. The molecule has 4 nitrogen and oxygen atoms in total. The van der Waals surface area contributed by atoms with Crippen LogP contribution < -0.4 is 0 Å². The lowest BCUT2D eigenvalue weighted by Gasteiger charge is -2.37. The van der Waals surface area contributed by atoms with Gasteiger partial charge in [0.05, 0.1) is 6.07 Å². The first-order valence-corrected chi connectivity index (χ1v) is 7.63. The quantitative estimate of drug-likeness (QED) is 0.854. The first-order chi connectivity index (χ1) is 10.2. The Morgan fingerprint density at radius 3 is 2.38 bits per heavy atom. The lowest BCUT2D eigenvalue weighted by atomic mass is 10.0. The first-order valence-electron chi connectivity index (χ1n) is 7.63. The van der Waals surface area contributed by atoms with E-state index in [4.69, 9.17) is 0 Å². The minimum absolute atomic E-state index is 0.214. The van der Waals surface area contributed by atoms with E-state index in [0.717, 1.165) is 38.2 Å². The molecule has 1 unspecified atom stereocenters. The molecule has 0 N–H and O–H groups in total. The average Bonchev–Trinajstić information content (AvgIpc) is 2.51. The van der Waals surface area contributed by atoms with Gasteiger partial charge >= 0.3 is 0 Å². The number of carbonyl (C=O) groups is 1. The number of piperazine rings is 1. The van der Waals surface area contributed by atoms with Crippen molar-refractivity contribution in [2.45, 2.75) is 32.7 Å². The topological polar surface area (TPSA) is 47.3 Å². The molecule has 0 aliphatic carbocycles. The number of amides is 1. The summed E-state index contributed by atoms with van der Waals surface area (Å²) in [6.07, 6.45) is 1.52. The number of aryl methyl sites for hydroxylation is 1. The molecule has 1 fully saturated rings. The molecule has 21 heavy (non-hydrogen) atoms. The molecule has 0 bridgehead atoms. The highest BCUT2D eigenvalue weighted by atomic mass is 16.2. The van der Waals surface area contributed by atoms with Gasteiger partial charge < -0.3 is 4.90 Å². The molecule has 0 radical (unpaired) electrons. The fourth-order valence-electron chi connectivity index (χ4n) is 2.72. The standard InChI is InChI=1S/C17H23N3O/c1-3-4-17(21)20-11-9-19(10-12-20)16(13-18)15-7-5-14(2)6-8-15/h5-8,16H,3-4,9-12H2,1-2H3. The molecular formula is C17H23N3O. The summed E-state index contributed by atoms with van der Waals surface area (Å²) < 4.78 is 0. The van der Waals surface area contributed by atoms with E-state index < -0.39 is 0 Å². The summed E-state index contributed by atoms with van der Waals surface area (Å²) in [5.74, 6) is 0.237. The number of nitrogens with zero attached hydrogens (tertiary/aromatic N) is 3. The van der Waals surface area contributed by atoms with Crippen LogP contribution in [0.15, 0.2) is 24.3 Å². The van der Waals surface area contributed by atoms with Crippen molar-refractivity contribution >= 4 is 5.91 Å². The number of carbonyl (C=O) groups excluding carboxylic acids is 1. The first kappa shape index (κ1) is 15.5. The lowest BCUT2D eigenvalue weighted by Crippen LogP contribution is -2.49. The maximum atomic E-state index is 11.9. The predicted molar refractivity (Wildman–Crippen MR) is 82.6 cm³/mol. The minimum Gasteiger partial charge on any atom is -0.340 e. The Morgan fingerprint density at radius 2 is 1.86 bits per heavy atom. The van der Waals surface area contributed by atoms with Crippen molar-refractivity contribution in [1.82, 2.24) is 9.80 Å². The molecule has 1 aromatic carbocycles. The third-order valence-electron chi connectivity index (χ3n) is 4.01. The second-order valence-electron chi connectivity index (χ2n) is 5.61. The normalized spacial score (nSPS) is 17.3. The van der Waals surface area contributed by atoms with E-state index in [1.807, 2.05) is 43.0 Å². The Balaban J connectivity index is 1.98. The van der Waals surface area contributed by atoms with Gasteiger partial charge in [0.15, 0.2) is 0 Å². The SMILES string of the molecule is CCCC(=O)N1CCN(C(C#N)c2ccc(C)cc2)CC1. The van der Waals surface area contributed by atoms with Crippen LogP contribution in [0.1, 0.15) is 36.9 Å². The zero-order chi connectivity index (χ0) is 15.2. The van der Waals surface area contributed by atoms with Gasteiger partial charge in [0, 0.05) is 32.6 Å². The molecule has 4 heteroatoms. The highest BCUT2D eigenvalue weighted by Gasteiger charge is 2.26. The summed E-state index contributed by atoms with van der Waals surface area (Å²) in [6.45, 7) is 7.05. The van der Waals surface area contributed by atoms with E-state index in [0.29, 0.717) is 6.42 Å². The second kappa shape index (κ2) is 7.24. The van der Waals surface area contributed by atoms with Crippen LogP contribution >= 0.6 is 0 Å². The Bertz CT molecular complexity index is 510. The minimum atomic E-state index is -0.214. The molecule has 0 saturated carbocycles. The van der Waals surface area contributed by atoms with E-state index in [2.05, 4.69) is 11.0 Å². The van der Waals surface area contributed by atoms with E-state index in [1.165, 1.54) is 5.56 Å². The monoisotopic (exact) mass is 285 g/mol. The van der Waals surface area contributed by atoms with Crippen molar-refractivity contribution in [3.05, 3.63) is 35.4 Å². The Morgan fingerprint density at radius 1 is 1.24 bits per heavy atom. The molecule has 1 atom stereocenters. The van der Waals surface area contributed by atoms with Crippen molar-refractivity contribution in [3.63, 3.8) is 0 Å². The van der Waals surface area contributed by atoms with Gasteiger partial charge in [0.25, 0.3) is 0 Å². The molecular weight excluding hydrogens is 262 g/mol. The van der Waals surface area contributed by atoms with Gasteiger partial charge in [-0.3, -0.25) is 9.69 Å². The number of benzene rings is 1. The molecule has 1 aliphatic heterocycles. The van der Waals surface area contributed by atoms with E-state index in [9.17, 15) is 10.1 Å². The van der Waals surface area contributed by atoms with Crippen LogP contribution in [0.2, 0.25) is 0 Å². The molecule has 1 aromatic rings. The van der Waals surface area contributed by atoms with E-state index in [-0.39, 0.29) is 11.9 Å². The number of nitriles is 1. The highest BCUT2D eigenvalue weighted by molar-refractivity contribution is 5.76. The van der Waals surface area contributed by atoms with Gasteiger partial charge in [-0.2, -0.15) is 5.26 Å². The Hall–Kier alpha value is -1.86. The fraction of sp³-hybridized carbons (Fsp3) is 0.529. The van der Waals surface area contributed by atoms with Crippen LogP contribution in [0, 0.1) is 18.3 Å². The number of hydrogen-bond donors (Lipinski definition) is 0. The van der Waals surface area contributed by atoms with Crippen molar-refractivity contribution in [1.29, 1.82) is 5.26 Å². The van der Waals surface area contributed by atoms with E-state index >= 15 is 0 Å². The second-order valence-corrected chi connectivity index (χ2v) is 5.61. The van der Waals surface area contributed by atoms with E-state index in [1.54, 1.807) is 0 Å². The zero-order valence-corrected chi connectivity index (χ0v) is 12.9. The number of hydrogen-bond acceptors (Lipinski definition) is 3. The van der Waals surface area contributed by atoms with Gasteiger partial charge in [0.1, 0.15) is 6.04 Å². The smallest absolute Gasteiger partial charge is 0.222 e. The highest BCUT2D eigenvalue weighted by Crippen LogP contribution is 2.22. The Labute approximate surface area is 127 Å². The summed E-state index contributed by atoms with van der Waals surface area (Å²) in [6, 6.07) is 10.3. The van der Waals surface area contributed by atoms with Crippen LogP contribution in [0.3, 0.4) is 0 Å². The van der Waals surface area contributed by atoms with Crippen LogP contribution in [-0.2, 0) is 4.79 Å². The molecule has 0 spiro atoms. The summed E-state index contributed by atoms with van der Waals surface area (Å²) in [7, 11) is 0.